The van der Waals surface area contributed by atoms with Gasteiger partial charge in [-0.2, -0.15) is 0 Å². The molecular weight excluding hydrogens is 206 g/mol. The van der Waals surface area contributed by atoms with E-state index >= 15 is 0 Å². The van der Waals surface area contributed by atoms with E-state index in [0.717, 1.165) is 19.4 Å². The minimum Gasteiger partial charge on any atom is -0.465 e. The summed E-state index contributed by atoms with van der Waals surface area (Å²) in [5.41, 5.74) is -0.713. The SMILES string of the molecule is CCOC(=O)C1CCCN1CC(C)(O)CC. The molecule has 1 fully saturated rings. The molecule has 0 aromatic heterocycles. The first-order chi connectivity index (χ1) is 7.50. The number of likely N-dealkylation sites (tertiary alicyclic amines) is 1. The molecule has 1 saturated heterocycles. The standard InChI is InChI=1S/C12H23NO3/c1-4-12(3,15)9-13-8-6-7-10(13)11(14)16-5-2/h10,15H,4-9H2,1-3H3. The minimum atomic E-state index is -0.713. The third kappa shape index (κ3) is 3.46. The molecule has 0 bridgehead atoms. The zero-order valence-electron chi connectivity index (χ0n) is 10.5. The Bertz CT molecular complexity index is 240. The molecule has 0 aliphatic carbocycles. The van der Waals surface area contributed by atoms with Gasteiger partial charge in [0, 0.05) is 6.54 Å². The zero-order chi connectivity index (χ0) is 12.2. The summed E-state index contributed by atoms with van der Waals surface area (Å²) >= 11 is 0. The molecule has 0 spiro atoms. The van der Waals surface area contributed by atoms with Crippen molar-refractivity contribution in [1.82, 2.24) is 4.90 Å². The first-order valence-corrected chi connectivity index (χ1v) is 6.13. The molecule has 2 atom stereocenters. The molecule has 94 valence electrons. The van der Waals surface area contributed by atoms with Gasteiger partial charge in [-0.25, -0.2) is 0 Å². The lowest BCUT2D eigenvalue weighted by atomic mass is 10.0. The van der Waals surface area contributed by atoms with Gasteiger partial charge in [0.05, 0.1) is 12.2 Å². The van der Waals surface area contributed by atoms with Crippen LogP contribution in [0.1, 0.15) is 40.0 Å². The second kappa shape index (κ2) is 5.64. The second-order valence-corrected chi connectivity index (χ2v) is 4.73. The van der Waals surface area contributed by atoms with E-state index in [4.69, 9.17) is 4.74 Å². The van der Waals surface area contributed by atoms with Crippen molar-refractivity contribution in [3.8, 4) is 0 Å². The first kappa shape index (κ1) is 13.5. The molecule has 2 unspecified atom stereocenters. The number of hydrogen-bond acceptors (Lipinski definition) is 4. The molecule has 1 N–H and O–H groups in total. The number of aliphatic hydroxyl groups is 1. The van der Waals surface area contributed by atoms with Crippen LogP contribution >= 0.6 is 0 Å². The number of carbonyl (C=O) groups excluding carboxylic acids is 1. The summed E-state index contributed by atoms with van der Waals surface area (Å²) in [6, 6.07) is -0.155. The van der Waals surface area contributed by atoms with Crippen LogP contribution in [0.2, 0.25) is 0 Å². The molecule has 0 amide bonds. The highest BCUT2D eigenvalue weighted by atomic mass is 16.5. The fourth-order valence-corrected chi connectivity index (χ4v) is 2.07. The van der Waals surface area contributed by atoms with E-state index in [2.05, 4.69) is 0 Å². The molecular formula is C12H23NO3. The fraction of sp³-hybridized carbons (Fsp3) is 0.917. The Hall–Kier alpha value is -0.610. The molecule has 1 rings (SSSR count). The Kier molecular flexibility index (Phi) is 4.74. The summed E-state index contributed by atoms with van der Waals surface area (Å²) in [4.78, 5) is 13.7. The monoisotopic (exact) mass is 229 g/mol. The first-order valence-electron chi connectivity index (χ1n) is 6.13. The molecule has 1 heterocycles. The summed E-state index contributed by atoms with van der Waals surface area (Å²) in [7, 11) is 0. The summed E-state index contributed by atoms with van der Waals surface area (Å²) in [6.45, 7) is 7.43. The van der Waals surface area contributed by atoms with Gasteiger partial charge in [-0.3, -0.25) is 9.69 Å². The normalized spacial score (nSPS) is 25.4. The lowest BCUT2D eigenvalue weighted by molar-refractivity contribution is -0.149. The number of ether oxygens (including phenoxy) is 1. The van der Waals surface area contributed by atoms with Crippen LogP contribution in [0.15, 0.2) is 0 Å². The van der Waals surface area contributed by atoms with Crippen LogP contribution in [0.3, 0.4) is 0 Å². The van der Waals surface area contributed by atoms with Crippen molar-refractivity contribution in [2.24, 2.45) is 0 Å². The molecule has 4 nitrogen and oxygen atoms in total. The third-order valence-corrected chi connectivity index (χ3v) is 3.23. The molecule has 1 aliphatic heterocycles. The number of β-amino-alcohol motifs (C(OH)–C–C–N with tert-alkyl or cyclic N) is 1. The zero-order valence-corrected chi connectivity index (χ0v) is 10.5. The highest BCUT2D eigenvalue weighted by Crippen LogP contribution is 2.22. The molecule has 0 saturated carbocycles. The highest BCUT2D eigenvalue weighted by Gasteiger charge is 2.35. The Morgan fingerprint density at radius 2 is 2.25 bits per heavy atom. The fourth-order valence-electron chi connectivity index (χ4n) is 2.07. The van der Waals surface area contributed by atoms with Crippen LogP contribution in [-0.4, -0.2) is 47.3 Å². The molecule has 0 radical (unpaired) electrons. The van der Waals surface area contributed by atoms with Crippen LogP contribution < -0.4 is 0 Å². The van der Waals surface area contributed by atoms with Crippen LogP contribution in [0.25, 0.3) is 0 Å². The topological polar surface area (TPSA) is 49.8 Å². The number of carbonyl (C=O) groups is 1. The average molecular weight is 229 g/mol. The molecule has 0 aromatic rings. The Balaban J connectivity index is 2.55. The van der Waals surface area contributed by atoms with Crippen molar-refractivity contribution < 1.29 is 14.6 Å². The summed E-state index contributed by atoms with van der Waals surface area (Å²) in [5, 5.41) is 10.0. The maximum atomic E-state index is 11.7. The van der Waals surface area contributed by atoms with Crippen LogP contribution in [0.5, 0.6) is 0 Å². The Morgan fingerprint density at radius 3 is 2.81 bits per heavy atom. The molecule has 0 aromatic carbocycles. The van der Waals surface area contributed by atoms with Crippen molar-refractivity contribution in [3.63, 3.8) is 0 Å². The highest BCUT2D eigenvalue weighted by molar-refractivity contribution is 5.76. The summed E-state index contributed by atoms with van der Waals surface area (Å²) in [6.07, 6.45) is 2.54. The van der Waals surface area contributed by atoms with Crippen molar-refractivity contribution in [1.29, 1.82) is 0 Å². The van der Waals surface area contributed by atoms with Gasteiger partial charge in [0.25, 0.3) is 0 Å². The van der Waals surface area contributed by atoms with E-state index in [-0.39, 0.29) is 12.0 Å². The van der Waals surface area contributed by atoms with E-state index in [1.165, 1.54) is 0 Å². The summed E-state index contributed by atoms with van der Waals surface area (Å²) in [5.74, 6) is -0.146. The lowest BCUT2D eigenvalue weighted by Crippen LogP contribution is -2.46. The molecule has 16 heavy (non-hydrogen) atoms. The van der Waals surface area contributed by atoms with Gasteiger partial charge < -0.3 is 9.84 Å². The van der Waals surface area contributed by atoms with E-state index < -0.39 is 5.60 Å². The van der Waals surface area contributed by atoms with Crippen LogP contribution in [0, 0.1) is 0 Å². The second-order valence-electron chi connectivity index (χ2n) is 4.73. The minimum absolute atomic E-state index is 0.146. The van der Waals surface area contributed by atoms with Crippen molar-refractivity contribution in [3.05, 3.63) is 0 Å². The van der Waals surface area contributed by atoms with Gasteiger partial charge in [-0.05, 0) is 39.7 Å². The molecule has 4 heteroatoms. The predicted molar refractivity (Wildman–Crippen MR) is 62.1 cm³/mol. The smallest absolute Gasteiger partial charge is 0.323 e. The quantitative estimate of drug-likeness (QED) is 0.719. The number of nitrogens with zero attached hydrogens (tertiary/aromatic N) is 1. The number of esters is 1. The summed E-state index contributed by atoms with van der Waals surface area (Å²) < 4.78 is 5.04. The number of hydrogen-bond donors (Lipinski definition) is 1. The molecule has 1 aliphatic rings. The van der Waals surface area contributed by atoms with Crippen molar-refractivity contribution in [2.45, 2.75) is 51.7 Å². The predicted octanol–water partition coefficient (Wildman–Crippen LogP) is 1.17. The lowest BCUT2D eigenvalue weighted by Gasteiger charge is -2.30. The largest absolute Gasteiger partial charge is 0.465 e. The van der Waals surface area contributed by atoms with Gasteiger partial charge in [-0.1, -0.05) is 6.92 Å². The average Bonchev–Trinajstić information content (AvgIpc) is 2.65. The van der Waals surface area contributed by atoms with Gasteiger partial charge >= 0.3 is 5.97 Å². The van der Waals surface area contributed by atoms with Gasteiger partial charge in [-0.15, -0.1) is 0 Å². The Morgan fingerprint density at radius 1 is 1.56 bits per heavy atom. The van der Waals surface area contributed by atoms with Gasteiger partial charge in [0.15, 0.2) is 0 Å². The van der Waals surface area contributed by atoms with Gasteiger partial charge in [0.2, 0.25) is 0 Å². The van der Waals surface area contributed by atoms with E-state index in [1.807, 2.05) is 25.7 Å². The van der Waals surface area contributed by atoms with Crippen molar-refractivity contribution >= 4 is 5.97 Å². The van der Waals surface area contributed by atoms with E-state index in [0.29, 0.717) is 19.6 Å². The van der Waals surface area contributed by atoms with Crippen LogP contribution in [-0.2, 0) is 9.53 Å². The van der Waals surface area contributed by atoms with E-state index in [1.54, 1.807) is 0 Å². The maximum absolute atomic E-state index is 11.7. The number of rotatable bonds is 5. The maximum Gasteiger partial charge on any atom is 0.323 e. The van der Waals surface area contributed by atoms with Crippen molar-refractivity contribution in [2.75, 3.05) is 19.7 Å². The Labute approximate surface area is 97.6 Å². The van der Waals surface area contributed by atoms with Gasteiger partial charge in [0.1, 0.15) is 6.04 Å². The van der Waals surface area contributed by atoms with E-state index in [9.17, 15) is 9.90 Å². The third-order valence-electron chi connectivity index (χ3n) is 3.23. The van der Waals surface area contributed by atoms with Crippen LogP contribution in [0.4, 0.5) is 0 Å².